The third kappa shape index (κ3) is 5.26. The summed E-state index contributed by atoms with van der Waals surface area (Å²) >= 11 is 6.59. The number of nitrogens with one attached hydrogen (secondary N) is 2. The third-order valence-corrected chi connectivity index (χ3v) is 6.67. The maximum absolute atomic E-state index is 13.0. The Labute approximate surface area is 220 Å². The van der Waals surface area contributed by atoms with E-state index in [1.807, 2.05) is 67.9 Å². The molecule has 1 saturated carbocycles. The first-order valence-electron chi connectivity index (χ1n) is 12.3. The molecule has 0 bridgehead atoms. The van der Waals surface area contributed by atoms with E-state index in [4.69, 9.17) is 16.3 Å². The first kappa shape index (κ1) is 25.0. The lowest BCUT2D eigenvalue weighted by Crippen LogP contribution is -2.46. The zero-order valence-electron chi connectivity index (χ0n) is 21.1. The van der Waals surface area contributed by atoms with Crippen LogP contribution in [0.4, 0.5) is 11.5 Å². The average Bonchev–Trinajstić information content (AvgIpc) is 3.56. The van der Waals surface area contributed by atoms with Gasteiger partial charge in [-0.15, -0.1) is 0 Å². The van der Waals surface area contributed by atoms with Crippen molar-refractivity contribution in [1.29, 1.82) is 0 Å². The number of aromatic nitrogens is 3. The molecule has 8 nitrogen and oxygen atoms in total. The summed E-state index contributed by atoms with van der Waals surface area (Å²) in [5, 5.41) is 16.2. The minimum atomic E-state index is -0.499. The number of amides is 1. The fraction of sp³-hybridized carbons (Fsp3) is 0.321. The molecule has 1 fully saturated rings. The number of aliphatic hydroxyl groups is 1. The second-order valence-corrected chi connectivity index (χ2v) is 10.8. The zero-order chi connectivity index (χ0) is 26.2. The van der Waals surface area contributed by atoms with Crippen LogP contribution < -0.4 is 15.4 Å². The van der Waals surface area contributed by atoms with Crippen molar-refractivity contribution < 1.29 is 14.6 Å². The number of rotatable bonds is 8. The van der Waals surface area contributed by atoms with Crippen LogP contribution in [0.5, 0.6) is 11.5 Å². The molecule has 4 aromatic rings. The standard InChI is InChI=1S/C28H30ClN5O3/c1-27(2,3)33-26(36)28(10-11-28)18-5-4-6-20(15-18)37-23-8-7-19(16-21(23)29)32-25-24-22(30-17-31-25)9-12-34(24)13-14-35/h4-9,12,15-17,35H,10-11,13-14H2,1-3H3,(H,33,36)(H,30,31,32). The number of carbonyl (C=O) groups excluding carboxylic acids is 1. The Kier molecular flexibility index (Phi) is 6.56. The highest BCUT2D eigenvalue weighted by Gasteiger charge is 2.52. The van der Waals surface area contributed by atoms with E-state index < -0.39 is 5.41 Å². The van der Waals surface area contributed by atoms with Crippen LogP contribution in [-0.2, 0) is 16.8 Å². The molecule has 0 unspecified atom stereocenters. The van der Waals surface area contributed by atoms with Gasteiger partial charge in [-0.1, -0.05) is 23.7 Å². The molecule has 2 heterocycles. The highest BCUT2D eigenvalue weighted by Crippen LogP contribution is 2.49. The molecule has 2 aromatic heterocycles. The van der Waals surface area contributed by atoms with Gasteiger partial charge in [0, 0.05) is 24.0 Å². The molecule has 2 aromatic carbocycles. The summed E-state index contributed by atoms with van der Waals surface area (Å²) in [4.78, 5) is 21.7. The summed E-state index contributed by atoms with van der Waals surface area (Å²) in [5.41, 5.74) is 2.47. The summed E-state index contributed by atoms with van der Waals surface area (Å²) in [7, 11) is 0. The Balaban J connectivity index is 1.34. The number of benzene rings is 2. The van der Waals surface area contributed by atoms with Crippen LogP contribution in [0, 0.1) is 0 Å². The molecule has 1 aliphatic carbocycles. The van der Waals surface area contributed by atoms with E-state index >= 15 is 0 Å². The maximum atomic E-state index is 13.0. The molecular formula is C28H30ClN5O3. The molecular weight excluding hydrogens is 490 g/mol. The normalized spacial score (nSPS) is 14.4. The van der Waals surface area contributed by atoms with Crippen LogP contribution in [0.2, 0.25) is 5.02 Å². The van der Waals surface area contributed by atoms with Crippen LogP contribution >= 0.6 is 11.6 Å². The van der Waals surface area contributed by atoms with Crippen molar-refractivity contribution in [3.05, 3.63) is 71.6 Å². The minimum absolute atomic E-state index is 0.0135. The van der Waals surface area contributed by atoms with E-state index in [9.17, 15) is 9.90 Å². The molecule has 1 amide bonds. The fourth-order valence-corrected chi connectivity index (χ4v) is 4.65. The smallest absolute Gasteiger partial charge is 0.231 e. The van der Waals surface area contributed by atoms with Crippen molar-refractivity contribution >= 4 is 40.0 Å². The number of hydrogen-bond acceptors (Lipinski definition) is 6. The van der Waals surface area contributed by atoms with Crippen molar-refractivity contribution in [2.75, 3.05) is 11.9 Å². The molecule has 0 radical (unpaired) electrons. The second kappa shape index (κ2) is 9.68. The second-order valence-electron chi connectivity index (χ2n) is 10.4. The Hall–Kier alpha value is -3.62. The van der Waals surface area contributed by atoms with E-state index in [0.717, 1.165) is 35.1 Å². The van der Waals surface area contributed by atoms with E-state index in [-0.39, 0.29) is 18.1 Å². The monoisotopic (exact) mass is 519 g/mol. The predicted octanol–water partition coefficient (Wildman–Crippen LogP) is 5.56. The number of hydrogen-bond donors (Lipinski definition) is 3. The van der Waals surface area contributed by atoms with E-state index in [2.05, 4.69) is 20.6 Å². The zero-order valence-corrected chi connectivity index (χ0v) is 21.8. The number of ether oxygens (including phenoxy) is 1. The van der Waals surface area contributed by atoms with Crippen LogP contribution in [-0.4, -0.2) is 37.7 Å². The molecule has 9 heteroatoms. The lowest BCUT2D eigenvalue weighted by molar-refractivity contribution is -0.125. The quantitative estimate of drug-likeness (QED) is 0.282. The number of anilines is 2. The Bertz CT molecular complexity index is 1460. The summed E-state index contributed by atoms with van der Waals surface area (Å²) in [6.07, 6.45) is 5.00. The van der Waals surface area contributed by atoms with Crippen molar-refractivity contribution in [1.82, 2.24) is 19.9 Å². The number of halogens is 1. The first-order valence-corrected chi connectivity index (χ1v) is 12.6. The lowest BCUT2D eigenvalue weighted by Gasteiger charge is -2.25. The van der Waals surface area contributed by atoms with Crippen LogP contribution in [0.25, 0.3) is 11.0 Å². The van der Waals surface area contributed by atoms with Gasteiger partial charge in [-0.25, -0.2) is 9.97 Å². The van der Waals surface area contributed by atoms with Crippen molar-refractivity contribution in [3.63, 3.8) is 0 Å². The van der Waals surface area contributed by atoms with Gasteiger partial charge < -0.3 is 25.0 Å². The molecule has 37 heavy (non-hydrogen) atoms. The van der Waals surface area contributed by atoms with Gasteiger partial charge in [0.1, 0.15) is 23.3 Å². The summed E-state index contributed by atoms with van der Waals surface area (Å²) in [6, 6.07) is 15.0. The highest BCUT2D eigenvalue weighted by atomic mass is 35.5. The topological polar surface area (TPSA) is 101 Å². The SMILES string of the molecule is CC(C)(C)NC(=O)C1(c2cccc(Oc3ccc(Nc4ncnc5ccn(CCO)c45)cc3Cl)c2)CC1. The van der Waals surface area contributed by atoms with E-state index in [1.54, 1.807) is 12.1 Å². The lowest BCUT2D eigenvalue weighted by atomic mass is 9.93. The summed E-state index contributed by atoms with van der Waals surface area (Å²) in [6.45, 7) is 6.42. The number of carbonyl (C=O) groups is 1. The number of fused-ring (bicyclic) bond motifs is 1. The molecule has 0 aliphatic heterocycles. The van der Waals surface area contributed by atoms with Crippen molar-refractivity contribution in [2.24, 2.45) is 0 Å². The fourth-order valence-electron chi connectivity index (χ4n) is 4.43. The molecule has 0 spiro atoms. The third-order valence-electron chi connectivity index (χ3n) is 6.37. The summed E-state index contributed by atoms with van der Waals surface area (Å²) in [5.74, 6) is 1.79. The van der Waals surface area contributed by atoms with Crippen LogP contribution in [0.3, 0.4) is 0 Å². The summed E-state index contributed by atoms with van der Waals surface area (Å²) < 4.78 is 8.02. The van der Waals surface area contributed by atoms with E-state index in [1.165, 1.54) is 6.33 Å². The Morgan fingerprint density at radius 3 is 2.68 bits per heavy atom. The van der Waals surface area contributed by atoms with E-state index in [0.29, 0.717) is 28.9 Å². The van der Waals surface area contributed by atoms with Gasteiger partial charge in [-0.3, -0.25) is 4.79 Å². The Morgan fingerprint density at radius 1 is 1.16 bits per heavy atom. The van der Waals surface area contributed by atoms with Gasteiger partial charge in [0.25, 0.3) is 0 Å². The molecule has 0 atom stereocenters. The Morgan fingerprint density at radius 2 is 1.97 bits per heavy atom. The minimum Gasteiger partial charge on any atom is -0.456 e. The van der Waals surface area contributed by atoms with Crippen LogP contribution in [0.15, 0.2) is 61.1 Å². The van der Waals surface area contributed by atoms with Crippen molar-refractivity contribution in [2.45, 2.75) is 51.1 Å². The van der Waals surface area contributed by atoms with Gasteiger partial charge in [0.15, 0.2) is 5.82 Å². The van der Waals surface area contributed by atoms with Crippen molar-refractivity contribution in [3.8, 4) is 11.5 Å². The number of aliphatic hydroxyl groups excluding tert-OH is 1. The largest absolute Gasteiger partial charge is 0.456 e. The van der Waals surface area contributed by atoms with Gasteiger partial charge in [0.2, 0.25) is 5.91 Å². The molecule has 192 valence electrons. The highest BCUT2D eigenvalue weighted by molar-refractivity contribution is 6.32. The van der Waals surface area contributed by atoms with Crippen LogP contribution in [0.1, 0.15) is 39.2 Å². The van der Waals surface area contributed by atoms with Gasteiger partial charge in [0.05, 0.1) is 22.6 Å². The molecule has 3 N–H and O–H groups in total. The average molecular weight is 520 g/mol. The predicted molar refractivity (Wildman–Crippen MR) is 145 cm³/mol. The molecule has 5 rings (SSSR count). The van der Waals surface area contributed by atoms with Gasteiger partial charge in [-0.05, 0) is 75.6 Å². The number of nitrogens with zero attached hydrogens (tertiary/aromatic N) is 3. The molecule has 0 saturated heterocycles. The van der Waals surface area contributed by atoms with Gasteiger partial charge >= 0.3 is 0 Å². The van der Waals surface area contributed by atoms with Gasteiger partial charge in [-0.2, -0.15) is 0 Å². The maximum Gasteiger partial charge on any atom is 0.231 e. The molecule has 1 aliphatic rings. The first-order chi connectivity index (χ1) is 17.7.